The SMILES string of the molecule is CC[C@H](C)OC(=O)[C@H](C)Oc1ccc2c(c1)oc(=O)c1ccccc12. The number of esters is 1. The van der Waals surface area contributed by atoms with Crippen molar-refractivity contribution < 1.29 is 18.7 Å². The van der Waals surface area contributed by atoms with Gasteiger partial charge in [0.25, 0.3) is 0 Å². The molecule has 1 aromatic heterocycles. The lowest BCUT2D eigenvalue weighted by Gasteiger charge is -2.17. The predicted octanol–water partition coefficient (Wildman–Crippen LogP) is 4.06. The molecule has 2 atom stereocenters. The lowest BCUT2D eigenvalue weighted by atomic mass is 10.1. The first-order valence-corrected chi connectivity index (χ1v) is 8.32. The zero-order chi connectivity index (χ0) is 18.0. The van der Waals surface area contributed by atoms with Crippen LogP contribution in [-0.4, -0.2) is 18.2 Å². The Bertz CT molecular complexity index is 973. The van der Waals surface area contributed by atoms with E-state index >= 15 is 0 Å². The summed E-state index contributed by atoms with van der Waals surface area (Å²) in [6.45, 7) is 5.41. The number of rotatable bonds is 5. The maximum Gasteiger partial charge on any atom is 0.347 e. The van der Waals surface area contributed by atoms with Crippen LogP contribution in [0.2, 0.25) is 0 Å². The quantitative estimate of drug-likeness (QED) is 0.398. The topological polar surface area (TPSA) is 65.7 Å². The molecule has 0 bridgehead atoms. The number of carbonyl (C=O) groups is 1. The Morgan fingerprint density at radius 2 is 1.80 bits per heavy atom. The third-order valence-electron chi connectivity index (χ3n) is 4.13. The first kappa shape index (κ1) is 17.0. The van der Waals surface area contributed by atoms with Crippen molar-refractivity contribution in [3.8, 4) is 5.75 Å². The minimum absolute atomic E-state index is 0.153. The number of fused-ring (bicyclic) bond motifs is 3. The zero-order valence-corrected chi connectivity index (χ0v) is 14.4. The largest absolute Gasteiger partial charge is 0.479 e. The molecule has 0 radical (unpaired) electrons. The van der Waals surface area contributed by atoms with Crippen LogP contribution in [0.15, 0.2) is 51.7 Å². The van der Waals surface area contributed by atoms with Crippen LogP contribution in [0.4, 0.5) is 0 Å². The molecule has 0 amide bonds. The summed E-state index contributed by atoms with van der Waals surface area (Å²) in [6, 6.07) is 12.5. The average molecular weight is 340 g/mol. The van der Waals surface area contributed by atoms with E-state index in [4.69, 9.17) is 13.9 Å². The molecular weight excluding hydrogens is 320 g/mol. The van der Waals surface area contributed by atoms with E-state index in [2.05, 4.69) is 0 Å². The van der Waals surface area contributed by atoms with Gasteiger partial charge >= 0.3 is 11.6 Å². The lowest BCUT2D eigenvalue weighted by molar-refractivity contribution is -0.155. The van der Waals surface area contributed by atoms with Crippen LogP contribution in [-0.2, 0) is 9.53 Å². The average Bonchev–Trinajstić information content (AvgIpc) is 2.61. The summed E-state index contributed by atoms with van der Waals surface area (Å²) in [7, 11) is 0. The van der Waals surface area contributed by atoms with Crippen LogP contribution in [0.25, 0.3) is 21.7 Å². The highest BCUT2D eigenvalue weighted by atomic mass is 16.6. The molecule has 0 aliphatic rings. The molecule has 0 fully saturated rings. The van der Waals surface area contributed by atoms with Crippen molar-refractivity contribution >= 4 is 27.7 Å². The zero-order valence-electron chi connectivity index (χ0n) is 14.4. The molecule has 3 rings (SSSR count). The highest BCUT2D eigenvalue weighted by Crippen LogP contribution is 2.26. The van der Waals surface area contributed by atoms with Crippen LogP contribution in [0.1, 0.15) is 27.2 Å². The molecule has 1 heterocycles. The van der Waals surface area contributed by atoms with Crippen LogP contribution in [0.3, 0.4) is 0 Å². The van der Waals surface area contributed by atoms with Gasteiger partial charge in [-0.2, -0.15) is 0 Å². The maximum absolute atomic E-state index is 12.1. The van der Waals surface area contributed by atoms with E-state index in [9.17, 15) is 9.59 Å². The van der Waals surface area contributed by atoms with E-state index in [0.717, 1.165) is 17.2 Å². The van der Waals surface area contributed by atoms with Gasteiger partial charge < -0.3 is 13.9 Å². The highest BCUT2D eigenvalue weighted by molar-refractivity contribution is 6.04. The molecule has 5 heteroatoms. The van der Waals surface area contributed by atoms with Crippen molar-refractivity contribution in [3.05, 3.63) is 52.9 Å². The van der Waals surface area contributed by atoms with Gasteiger partial charge in [0.1, 0.15) is 11.3 Å². The van der Waals surface area contributed by atoms with Crippen molar-refractivity contribution in [1.82, 2.24) is 0 Å². The summed E-state index contributed by atoms with van der Waals surface area (Å²) in [5.74, 6) is 0.0222. The second kappa shape index (κ2) is 6.97. The first-order chi connectivity index (χ1) is 12.0. The number of hydrogen-bond donors (Lipinski definition) is 0. The fraction of sp³-hybridized carbons (Fsp3) is 0.300. The van der Waals surface area contributed by atoms with Crippen LogP contribution >= 0.6 is 0 Å². The number of hydrogen-bond acceptors (Lipinski definition) is 5. The second-order valence-corrected chi connectivity index (χ2v) is 6.01. The smallest absolute Gasteiger partial charge is 0.347 e. The van der Waals surface area contributed by atoms with Crippen molar-refractivity contribution in [2.24, 2.45) is 0 Å². The van der Waals surface area contributed by atoms with E-state index in [1.165, 1.54) is 0 Å². The number of benzene rings is 2. The number of carbonyl (C=O) groups excluding carboxylic acids is 1. The van der Waals surface area contributed by atoms with E-state index in [1.807, 2.05) is 32.0 Å². The Balaban J connectivity index is 1.90. The van der Waals surface area contributed by atoms with Gasteiger partial charge in [-0.25, -0.2) is 9.59 Å². The number of ether oxygens (including phenoxy) is 2. The molecule has 0 unspecified atom stereocenters. The van der Waals surface area contributed by atoms with E-state index in [0.29, 0.717) is 16.7 Å². The summed E-state index contributed by atoms with van der Waals surface area (Å²) < 4.78 is 16.3. The predicted molar refractivity (Wildman–Crippen MR) is 95.9 cm³/mol. The summed E-state index contributed by atoms with van der Waals surface area (Å²) in [5.41, 5.74) is 0.0215. The Hall–Kier alpha value is -2.82. The Labute approximate surface area is 145 Å². The minimum Gasteiger partial charge on any atom is -0.479 e. The summed E-state index contributed by atoms with van der Waals surface area (Å²) >= 11 is 0. The monoisotopic (exact) mass is 340 g/mol. The fourth-order valence-electron chi connectivity index (χ4n) is 2.56. The van der Waals surface area contributed by atoms with Gasteiger partial charge in [-0.15, -0.1) is 0 Å². The van der Waals surface area contributed by atoms with Gasteiger partial charge in [0.05, 0.1) is 11.5 Å². The van der Waals surface area contributed by atoms with Gasteiger partial charge in [0, 0.05) is 11.5 Å². The summed E-state index contributed by atoms with van der Waals surface area (Å²) in [5, 5.41) is 2.18. The fourth-order valence-corrected chi connectivity index (χ4v) is 2.56. The molecule has 0 spiro atoms. The summed E-state index contributed by atoms with van der Waals surface area (Å²) in [6.07, 6.45) is -0.162. The molecule has 3 aromatic rings. The molecule has 0 saturated carbocycles. The minimum atomic E-state index is -0.751. The van der Waals surface area contributed by atoms with Crippen molar-refractivity contribution in [3.63, 3.8) is 0 Å². The first-order valence-electron chi connectivity index (χ1n) is 8.32. The molecule has 2 aromatic carbocycles. The Kier molecular flexibility index (Phi) is 4.74. The highest BCUT2D eigenvalue weighted by Gasteiger charge is 2.19. The van der Waals surface area contributed by atoms with Crippen molar-refractivity contribution in [1.29, 1.82) is 0 Å². The van der Waals surface area contributed by atoms with E-state index in [-0.39, 0.29) is 6.10 Å². The normalized spacial score (nSPS) is 13.6. The summed E-state index contributed by atoms with van der Waals surface area (Å²) in [4.78, 5) is 24.1. The molecule has 0 aliphatic carbocycles. The van der Waals surface area contributed by atoms with E-state index in [1.54, 1.807) is 31.2 Å². The third kappa shape index (κ3) is 3.50. The van der Waals surface area contributed by atoms with Gasteiger partial charge in [0.15, 0.2) is 6.10 Å². The van der Waals surface area contributed by atoms with Crippen molar-refractivity contribution in [2.75, 3.05) is 0 Å². The standard InChI is InChI=1S/C20H20O5/c1-4-12(2)23-19(21)13(3)24-14-9-10-16-15-7-5-6-8-17(15)20(22)25-18(16)11-14/h5-13H,4H2,1-3H3/t12-,13-/m0/s1. The molecule has 5 nitrogen and oxygen atoms in total. The molecule has 0 N–H and O–H groups in total. The van der Waals surface area contributed by atoms with Crippen molar-refractivity contribution in [2.45, 2.75) is 39.4 Å². The lowest BCUT2D eigenvalue weighted by Crippen LogP contribution is -2.29. The van der Waals surface area contributed by atoms with Gasteiger partial charge in [0.2, 0.25) is 0 Å². The van der Waals surface area contributed by atoms with Gasteiger partial charge in [-0.3, -0.25) is 0 Å². The van der Waals surface area contributed by atoms with E-state index < -0.39 is 17.7 Å². The molecule has 25 heavy (non-hydrogen) atoms. The molecular formula is C20H20O5. The van der Waals surface area contributed by atoms with Crippen LogP contribution in [0.5, 0.6) is 5.75 Å². The maximum atomic E-state index is 12.1. The Morgan fingerprint density at radius 3 is 2.52 bits per heavy atom. The Morgan fingerprint density at radius 1 is 1.08 bits per heavy atom. The van der Waals surface area contributed by atoms with Crippen LogP contribution < -0.4 is 10.4 Å². The molecule has 130 valence electrons. The van der Waals surface area contributed by atoms with Crippen LogP contribution in [0, 0.1) is 0 Å². The molecule has 0 saturated heterocycles. The second-order valence-electron chi connectivity index (χ2n) is 6.01. The third-order valence-corrected chi connectivity index (χ3v) is 4.13. The van der Waals surface area contributed by atoms with Gasteiger partial charge in [-0.05, 0) is 43.9 Å². The van der Waals surface area contributed by atoms with Gasteiger partial charge in [-0.1, -0.05) is 25.1 Å². The molecule has 0 aliphatic heterocycles.